The first-order chi connectivity index (χ1) is 38.0. The van der Waals surface area contributed by atoms with Gasteiger partial charge < -0.3 is 49.6 Å². The maximum Gasteiger partial charge on any atom is 0.318 e. The van der Waals surface area contributed by atoms with Crippen molar-refractivity contribution in [3.63, 3.8) is 0 Å². The highest BCUT2D eigenvalue weighted by molar-refractivity contribution is 7.13. The number of benzene rings is 3. The van der Waals surface area contributed by atoms with Crippen molar-refractivity contribution < 1.29 is 38.5 Å². The first-order valence-electron chi connectivity index (χ1n) is 27.3. The van der Waals surface area contributed by atoms with Crippen molar-refractivity contribution in [3.05, 3.63) is 107 Å². The fraction of sp³-hybridized carbons (Fsp3) is 0.492. The second-order valence-corrected chi connectivity index (χ2v) is 23.0. The molecule has 9 rings (SSSR count). The number of amides is 4. The fourth-order valence-electron chi connectivity index (χ4n) is 11.3. The molecule has 3 N–H and O–H groups in total. The maximum atomic E-state index is 14.2. The summed E-state index contributed by atoms with van der Waals surface area (Å²) in [6.45, 7) is 16.8. The first-order valence-corrected chi connectivity index (χ1v) is 28.2. The zero-order valence-corrected chi connectivity index (χ0v) is 46.9. The summed E-state index contributed by atoms with van der Waals surface area (Å²) in [7, 11) is 2.02. The lowest BCUT2D eigenvalue weighted by Gasteiger charge is -2.42. The molecule has 19 nitrogen and oxygen atoms in total. The summed E-state index contributed by atoms with van der Waals surface area (Å²) in [5.74, 6) is -0.740. The number of hydrogen-bond acceptors (Lipinski definition) is 16. The number of fused-ring (bicyclic) bond motifs is 2. The average Bonchev–Trinajstić information content (AvgIpc) is 4.25. The molecule has 4 aliphatic heterocycles. The minimum absolute atomic E-state index is 0.00491. The number of carbonyl (C=O) groups is 4. The van der Waals surface area contributed by atoms with E-state index in [0.29, 0.717) is 52.2 Å². The van der Waals surface area contributed by atoms with Crippen LogP contribution in [0.3, 0.4) is 0 Å². The smallest absolute Gasteiger partial charge is 0.318 e. The largest absolute Gasteiger partial charge is 0.462 e. The number of aromatic nitrogens is 3. The van der Waals surface area contributed by atoms with Gasteiger partial charge in [-0.1, -0.05) is 88.0 Å². The predicted molar refractivity (Wildman–Crippen MR) is 302 cm³/mol. The number of likely N-dealkylation sites (N-methyl/N-ethyl adjacent to an activating group) is 1. The number of piperazine rings is 1. The van der Waals surface area contributed by atoms with Gasteiger partial charge in [0.1, 0.15) is 31.1 Å². The molecule has 5 aromatic rings. The Hall–Kier alpha value is -7.02. The molecule has 418 valence electrons. The summed E-state index contributed by atoms with van der Waals surface area (Å²) in [6.07, 6.45) is 1.93. The van der Waals surface area contributed by atoms with Gasteiger partial charge in [-0.25, -0.2) is 4.98 Å². The number of aliphatic hydroxyl groups is 1. The number of likely N-dealkylation sites (tertiary alicyclic amines) is 2. The van der Waals surface area contributed by atoms with Gasteiger partial charge in [0.15, 0.2) is 0 Å². The molecule has 0 saturated carbocycles. The lowest BCUT2D eigenvalue weighted by Crippen LogP contribution is -2.58. The maximum absolute atomic E-state index is 14.2. The molecule has 2 unspecified atom stereocenters. The molecule has 0 aliphatic carbocycles. The van der Waals surface area contributed by atoms with Crippen molar-refractivity contribution >= 4 is 57.2 Å². The molecule has 4 aliphatic rings. The summed E-state index contributed by atoms with van der Waals surface area (Å²) in [6, 6.07) is 22.6. The molecular weight excluding hydrogens is 1020 g/mol. The zero-order valence-electron chi connectivity index (χ0n) is 46.1. The summed E-state index contributed by atoms with van der Waals surface area (Å²) >= 11 is 1.57. The van der Waals surface area contributed by atoms with E-state index in [1.165, 1.54) is 21.7 Å². The molecule has 2 aromatic heterocycles. The lowest BCUT2D eigenvalue weighted by atomic mass is 9.85. The molecular formula is C59H73N11O8S. The summed E-state index contributed by atoms with van der Waals surface area (Å²) in [5.41, 5.74) is 7.03. The SMILES string of the molecule is C=CC(=O)N1CCN(c2nc(OC[C@@H]3C[C@@H](OCCOCC(=O)NC(C(=O)N4C[C@H](O)C[C@H]4C(=O)N[C@@H](C)c4ccc(-c5scnc5C)cc4)C(C)(C)C)CN3C)nc3c2CCN(c2cccc4ccccc24)C3)CC1CC#N. The Morgan fingerprint density at radius 3 is 2.47 bits per heavy atom. The van der Waals surface area contributed by atoms with Crippen molar-refractivity contribution in [1.29, 1.82) is 5.26 Å². The molecule has 3 saturated heterocycles. The van der Waals surface area contributed by atoms with Crippen molar-refractivity contribution in [3.8, 4) is 22.5 Å². The molecule has 4 amide bonds. The van der Waals surface area contributed by atoms with E-state index in [4.69, 9.17) is 24.2 Å². The van der Waals surface area contributed by atoms with Crippen molar-refractivity contribution in [2.45, 2.75) is 109 Å². The van der Waals surface area contributed by atoms with E-state index in [1.807, 2.05) is 77.5 Å². The van der Waals surface area contributed by atoms with Crippen LogP contribution in [0.5, 0.6) is 6.01 Å². The third kappa shape index (κ3) is 13.2. The van der Waals surface area contributed by atoms with E-state index in [2.05, 4.69) is 79.4 Å². The third-order valence-corrected chi connectivity index (χ3v) is 16.6. The van der Waals surface area contributed by atoms with Crippen molar-refractivity contribution in [2.75, 3.05) is 82.5 Å². The van der Waals surface area contributed by atoms with Crippen LogP contribution in [0, 0.1) is 23.7 Å². The number of β-amino-alcohol motifs (C(OH)–C–C–N with tert-alkyl or cyclic N) is 1. The number of nitrogens with zero attached hydrogens (tertiary/aromatic N) is 9. The van der Waals surface area contributed by atoms with E-state index in [-0.39, 0.29) is 81.3 Å². The van der Waals surface area contributed by atoms with Gasteiger partial charge in [-0.15, -0.1) is 11.3 Å². The van der Waals surface area contributed by atoms with Gasteiger partial charge in [0, 0.05) is 68.4 Å². The molecule has 0 bridgehead atoms. The van der Waals surface area contributed by atoms with Crippen LogP contribution >= 0.6 is 11.3 Å². The topological polar surface area (TPSA) is 219 Å². The van der Waals surface area contributed by atoms with Crippen LogP contribution in [0.1, 0.15) is 75.5 Å². The number of hydrogen-bond donors (Lipinski definition) is 3. The normalized spacial score (nSPS) is 21.3. The number of thiazole rings is 1. The number of nitrogens with one attached hydrogen (secondary N) is 2. The monoisotopic (exact) mass is 1100 g/mol. The van der Waals surface area contributed by atoms with Crippen LogP contribution in [0.15, 0.2) is 84.9 Å². The highest BCUT2D eigenvalue weighted by Crippen LogP contribution is 2.36. The second kappa shape index (κ2) is 25.0. The zero-order chi connectivity index (χ0) is 56.0. The quantitative estimate of drug-likeness (QED) is 0.0678. The van der Waals surface area contributed by atoms with E-state index in [9.17, 15) is 29.5 Å². The standard InChI is InChI=1S/C59H73N11O8S/c1-8-52(73)69-25-24-68(30-42(69)20-22-60)55-47-21-23-67(49-15-11-13-40-12-9-10-14-46(40)49)33-48(47)63-58(65-55)78-34-43-28-45(32-66(43)7)77-27-26-76-35-51(72)64-54(59(4,5)6)57(75)70-31-44(71)29-50(70)56(74)62-37(2)39-16-18-41(19-17-39)53-38(3)61-36-79-53/h8-19,36-37,42-45,50,54,71H,1,20-21,23-35H2,2-7H3,(H,62,74)(H,64,72)/t37-,42?,43-,44+,45+,50-,54?/m0/s1. The van der Waals surface area contributed by atoms with Gasteiger partial charge in [0.05, 0.1) is 78.3 Å². The number of rotatable bonds is 19. The van der Waals surface area contributed by atoms with Gasteiger partial charge in [0.2, 0.25) is 23.6 Å². The Kier molecular flexibility index (Phi) is 17.9. The average molecular weight is 1100 g/mol. The number of aliphatic hydroxyl groups excluding tert-OH is 1. The van der Waals surface area contributed by atoms with Gasteiger partial charge >= 0.3 is 6.01 Å². The van der Waals surface area contributed by atoms with Gasteiger partial charge in [0.25, 0.3) is 0 Å². The third-order valence-electron chi connectivity index (χ3n) is 15.6. The van der Waals surface area contributed by atoms with E-state index in [0.717, 1.165) is 51.0 Å². The Morgan fingerprint density at radius 2 is 1.72 bits per heavy atom. The molecule has 3 aromatic carbocycles. The van der Waals surface area contributed by atoms with Crippen molar-refractivity contribution in [1.82, 2.24) is 40.3 Å². The number of aryl methyl sites for hydroxylation is 1. The Labute approximate surface area is 466 Å². The van der Waals surface area contributed by atoms with Crippen LogP contribution in [0.25, 0.3) is 21.2 Å². The molecule has 0 radical (unpaired) electrons. The van der Waals surface area contributed by atoms with E-state index >= 15 is 0 Å². The minimum Gasteiger partial charge on any atom is -0.462 e. The van der Waals surface area contributed by atoms with Crippen LogP contribution in [-0.2, 0) is 41.6 Å². The van der Waals surface area contributed by atoms with Crippen LogP contribution in [0.2, 0.25) is 0 Å². The fourth-order valence-corrected chi connectivity index (χ4v) is 12.1. The number of anilines is 2. The minimum atomic E-state index is -0.997. The molecule has 7 atom stereocenters. The second-order valence-electron chi connectivity index (χ2n) is 22.2. The Morgan fingerprint density at radius 1 is 0.937 bits per heavy atom. The first kappa shape index (κ1) is 56.7. The highest BCUT2D eigenvalue weighted by Gasteiger charge is 2.45. The Bertz CT molecular complexity index is 3050. The van der Waals surface area contributed by atoms with Crippen LogP contribution in [-0.4, -0.2) is 168 Å². The lowest BCUT2D eigenvalue weighted by molar-refractivity contribution is -0.144. The Balaban J connectivity index is 0.768. The van der Waals surface area contributed by atoms with Gasteiger partial charge in [-0.05, 0) is 67.8 Å². The number of ether oxygens (including phenoxy) is 3. The molecule has 3 fully saturated rings. The van der Waals surface area contributed by atoms with Crippen molar-refractivity contribution in [2.24, 2.45) is 5.41 Å². The summed E-state index contributed by atoms with van der Waals surface area (Å²) in [5, 5.41) is 28.7. The molecule has 20 heteroatoms. The highest BCUT2D eigenvalue weighted by atomic mass is 32.1. The van der Waals surface area contributed by atoms with Gasteiger partial charge in [-0.3, -0.25) is 24.1 Å². The summed E-state index contributed by atoms with van der Waals surface area (Å²) < 4.78 is 18.5. The van der Waals surface area contributed by atoms with Crippen LogP contribution < -0.4 is 25.2 Å². The molecule has 79 heavy (non-hydrogen) atoms. The van der Waals surface area contributed by atoms with Crippen LogP contribution in [0.4, 0.5) is 11.5 Å². The molecule has 6 heterocycles. The summed E-state index contributed by atoms with van der Waals surface area (Å²) in [4.78, 5) is 79.5. The van der Waals surface area contributed by atoms with Gasteiger partial charge in [-0.2, -0.15) is 15.2 Å². The molecule has 0 spiro atoms. The predicted octanol–water partition coefficient (Wildman–Crippen LogP) is 5.60. The number of carbonyl (C=O) groups excluding carboxylic acids is 4. The van der Waals surface area contributed by atoms with E-state index < -0.39 is 35.4 Å². The number of nitriles is 1. The van der Waals surface area contributed by atoms with E-state index in [1.54, 1.807) is 16.2 Å².